The van der Waals surface area contributed by atoms with Crippen LogP contribution in [-0.2, 0) is 11.8 Å². The first-order valence-corrected chi connectivity index (χ1v) is 7.90. The van der Waals surface area contributed by atoms with Gasteiger partial charge in [0.2, 0.25) is 5.91 Å². The molecule has 0 spiro atoms. The van der Waals surface area contributed by atoms with E-state index in [4.69, 9.17) is 5.73 Å². The Morgan fingerprint density at radius 1 is 1.24 bits per heavy atom. The molecular formula is C15H25Cl2N7O. The van der Waals surface area contributed by atoms with Crippen molar-refractivity contribution in [3.8, 4) is 0 Å². The van der Waals surface area contributed by atoms with Crippen molar-refractivity contribution in [1.82, 2.24) is 24.6 Å². The zero-order chi connectivity index (χ0) is 16.6. The summed E-state index contributed by atoms with van der Waals surface area (Å²) in [6.07, 6.45) is 2.21. The van der Waals surface area contributed by atoms with Crippen molar-refractivity contribution < 1.29 is 4.79 Å². The van der Waals surface area contributed by atoms with Gasteiger partial charge in [-0.3, -0.25) is 9.48 Å². The highest BCUT2D eigenvalue weighted by molar-refractivity contribution is 5.87. The van der Waals surface area contributed by atoms with Crippen molar-refractivity contribution in [3.05, 3.63) is 12.0 Å². The van der Waals surface area contributed by atoms with Crippen LogP contribution in [0.2, 0.25) is 0 Å². The maximum Gasteiger partial charge on any atom is 0.224 e. The molecule has 25 heavy (non-hydrogen) atoms. The average Bonchev–Trinajstić information content (AvgIpc) is 2.87. The van der Waals surface area contributed by atoms with Crippen LogP contribution in [0.25, 0.3) is 11.0 Å². The molecule has 1 amide bonds. The molecule has 0 aromatic carbocycles. The fraction of sp³-hybridized carbons (Fsp3) is 0.600. The maximum atomic E-state index is 12.1. The highest BCUT2D eigenvalue weighted by Crippen LogP contribution is 2.24. The lowest BCUT2D eigenvalue weighted by Gasteiger charge is -2.36. The number of amides is 1. The number of hydrogen-bond donors (Lipinski definition) is 1. The number of anilines is 1. The lowest BCUT2D eigenvalue weighted by Crippen LogP contribution is -2.49. The quantitative estimate of drug-likeness (QED) is 0.837. The third-order valence-corrected chi connectivity index (χ3v) is 4.11. The Balaban J connectivity index is 0.00000156. The van der Waals surface area contributed by atoms with Crippen LogP contribution in [0.5, 0.6) is 0 Å². The summed E-state index contributed by atoms with van der Waals surface area (Å²) in [5.74, 6) is 1.76. The van der Waals surface area contributed by atoms with E-state index in [2.05, 4.69) is 20.0 Å². The van der Waals surface area contributed by atoms with Gasteiger partial charge in [-0.2, -0.15) is 5.10 Å². The molecular weight excluding hydrogens is 365 g/mol. The van der Waals surface area contributed by atoms with Crippen LogP contribution in [0.4, 0.5) is 5.82 Å². The van der Waals surface area contributed by atoms with Gasteiger partial charge in [0.05, 0.1) is 11.6 Å². The Hall–Kier alpha value is -1.64. The van der Waals surface area contributed by atoms with Gasteiger partial charge >= 0.3 is 0 Å². The Bertz CT molecular complexity index is 726. The molecule has 1 aliphatic heterocycles. The lowest BCUT2D eigenvalue weighted by atomic mass is 10.2. The molecule has 140 valence electrons. The second kappa shape index (κ2) is 8.64. The summed E-state index contributed by atoms with van der Waals surface area (Å²) >= 11 is 0. The lowest BCUT2D eigenvalue weighted by molar-refractivity contribution is -0.131. The van der Waals surface area contributed by atoms with Crippen LogP contribution in [0.15, 0.2) is 6.20 Å². The predicted molar refractivity (Wildman–Crippen MR) is 103 cm³/mol. The van der Waals surface area contributed by atoms with Crippen LogP contribution in [0.1, 0.15) is 19.2 Å². The van der Waals surface area contributed by atoms with Crippen LogP contribution in [0, 0.1) is 6.92 Å². The molecule has 2 N–H and O–H groups in total. The topological polar surface area (TPSA) is 93.2 Å². The zero-order valence-corrected chi connectivity index (χ0v) is 16.3. The number of carbonyl (C=O) groups excluding carboxylic acids is 1. The Labute approximate surface area is 159 Å². The number of nitrogens with two attached hydrogens (primary N) is 1. The summed E-state index contributed by atoms with van der Waals surface area (Å²) in [5.41, 5.74) is 6.55. The number of aryl methyl sites for hydroxylation is 2. The van der Waals surface area contributed by atoms with E-state index in [0.29, 0.717) is 19.5 Å². The number of nitrogens with zero attached hydrogens (tertiary/aromatic N) is 6. The molecule has 1 aliphatic rings. The van der Waals surface area contributed by atoms with Gasteiger partial charge in [-0.25, -0.2) is 9.97 Å². The second-order valence-electron chi connectivity index (χ2n) is 6.15. The van der Waals surface area contributed by atoms with E-state index in [9.17, 15) is 4.79 Å². The summed E-state index contributed by atoms with van der Waals surface area (Å²) in [7, 11) is 1.88. The van der Waals surface area contributed by atoms with Gasteiger partial charge in [-0.05, 0) is 13.8 Å². The number of fused-ring (bicyclic) bond motifs is 1. The van der Waals surface area contributed by atoms with Crippen LogP contribution in [-0.4, -0.2) is 62.8 Å². The molecule has 3 heterocycles. The number of carbonyl (C=O) groups is 1. The van der Waals surface area contributed by atoms with Crippen LogP contribution < -0.4 is 10.6 Å². The molecule has 3 rings (SSSR count). The summed E-state index contributed by atoms with van der Waals surface area (Å²) < 4.78 is 1.76. The Morgan fingerprint density at radius 3 is 2.48 bits per heavy atom. The van der Waals surface area contributed by atoms with E-state index in [1.165, 1.54) is 0 Å². The number of rotatable bonds is 3. The van der Waals surface area contributed by atoms with Gasteiger partial charge in [0.15, 0.2) is 5.65 Å². The molecule has 8 nitrogen and oxygen atoms in total. The minimum absolute atomic E-state index is 0. The minimum atomic E-state index is -0.0972. The monoisotopic (exact) mass is 389 g/mol. The van der Waals surface area contributed by atoms with E-state index in [1.807, 2.05) is 25.8 Å². The Morgan fingerprint density at radius 2 is 1.88 bits per heavy atom. The van der Waals surface area contributed by atoms with Crippen molar-refractivity contribution in [3.63, 3.8) is 0 Å². The molecule has 0 saturated carbocycles. The summed E-state index contributed by atoms with van der Waals surface area (Å²) in [6, 6.07) is -0.0972. The zero-order valence-electron chi connectivity index (χ0n) is 14.7. The van der Waals surface area contributed by atoms with Gasteiger partial charge in [-0.15, -0.1) is 24.8 Å². The standard InChI is InChI=1S/C15H23N7O.2ClH/c1-10(16)8-13(23)21-4-6-22(7-5-21)15-12-9-17-20(3)14(12)18-11(2)19-15;;/h9-10H,4-8,16H2,1-3H3;2*1H. The average molecular weight is 390 g/mol. The Kier molecular flexibility index (Phi) is 7.40. The fourth-order valence-corrected chi connectivity index (χ4v) is 2.93. The van der Waals surface area contributed by atoms with E-state index in [-0.39, 0.29) is 36.8 Å². The van der Waals surface area contributed by atoms with E-state index in [0.717, 1.165) is 35.8 Å². The molecule has 1 saturated heterocycles. The van der Waals surface area contributed by atoms with Gasteiger partial charge in [-0.1, -0.05) is 0 Å². The predicted octanol–water partition coefficient (Wildman–Crippen LogP) is 0.901. The van der Waals surface area contributed by atoms with Crippen molar-refractivity contribution in [2.24, 2.45) is 12.8 Å². The van der Waals surface area contributed by atoms with Crippen molar-refractivity contribution in [2.45, 2.75) is 26.3 Å². The molecule has 1 fully saturated rings. The van der Waals surface area contributed by atoms with Crippen molar-refractivity contribution >= 4 is 47.6 Å². The molecule has 10 heteroatoms. The van der Waals surface area contributed by atoms with E-state index >= 15 is 0 Å². The van der Waals surface area contributed by atoms with Gasteiger partial charge in [0, 0.05) is 45.7 Å². The number of piperazine rings is 1. The molecule has 0 radical (unpaired) electrons. The molecule has 2 aromatic heterocycles. The smallest absolute Gasteiger partial charge is 0.224 e. The third kappa shape index (κ3) is 4.50. The largest absolute Gasteiger partial charge is 0.352 e. The number of hydrogen-bond acceptors (Lipinski definition) is 6. The summed E-state index contributed by atoms with van der Waals surface area (Å²) in [6.45, 7) is 6.64. The summed E-state index contributed by atoms with van der Waals surface area (Å²) in [5, 5.41) is 5.23. The minimum Gasteiger partial charge on any atom is -0.352 e. The second-order valence-corrected chi connectivity index (χ2v) is 6.15. The maximum absolute atomic E-state index is 12.1. The van der Waals surface area contributed by atoms with Crippen LogP contribution in [0.3, 0.4) is 0 Å². The molecule has 0 aliphatic carbocycles. The first-order valence-electron chi connectivity index (χ1n) is 7.90. The normalized spacial score (nSPS) is 15.5. The van der Waals surface area contributed by atoms with Gasteiger partial charge < -0.3 is 15.5 Å². The number of halogens is 2. The van der Waals surface area contributed by atoms with Crippen LogP contribution >= 0.6 is 24.8 Å². The third-order valence-electron chi connectivity index (χ3n) is 4.11. The first kappa shape index (κ1) is 21.4. The SMILES string of the molecule is Cc1nc(N2CCN(C(=O)CC(C)N)CC2)c2cnn(C)c2n1.Cl.Cl. The van der Waals surface area contributed by atoms with Gasteiger partial charge in [0.25, 0.3) is 0 Å². The highest BCUT2D eigenvalue weighted by Gasteiger charge is 2.24. The highest BCUT2D eigenvalue weighted by atomic mass is 35.5. The number of aromatic nitrogens is 4. The molecule has 1 atom stereocenters. The van der Waals surface area contributed by atoms with E-state index in [1.54, 1.807) is 10.9 Å². The first-order chi connectivity index (χ1) is 11.0. The fourth-order valence-electron chi connectivity index (χ4n) is 2.93. The van der Waals surface area contributed by atoms with Gasteiger partial charge in [0.1, 0.15) is 11.6 Å². The molecule has 2 aromatic rings. The summed E-state index contributed by atoms with van der Waals surface area (Å²) in [4.78, 5) is 25.2. The molecule has 0 bridgehead atoms. The van der Waals surface area contributed by atoms with E-state index < -0.39 is 0 Å². The van der Waals surface area contributed by atoms with Crippen molar-refractivity contribution in [2.75, 3.05) is 31.1 Å². The van der Waals surface area contributed by atoms with Crippen molar-refractivity contribution in [1.29, 1.82) is 0 Å². The molecule has 1 unspecified atom stereocenters.